The maximum absolute atomic E-state index is 13.2. The van der Waals surface area contributed by atoms with Crippen LogP contribution in [0.4, 0.5) is 4.39 Å². The molecule has 2 rings (SSSR count). The van der Waals surface area contributed by atoms with Gasteiger partial charge in [-0.2, -0.15) is 0 Å². The van der Waals surface area contributed by atoms with Gasteiger partial charge in [-0.25, -0.2) is 4.39 Å². The highest BCUT2D eigenvalue weighted by Crippen LogP contribution is 2.37. The first-order valence-electron chi connectivity index (χ1n) is 6.76. The number of ether oxygens (including phenoxy) is 2. The summed E-state index contributed by atoms with van der Waals surface area (Å²) in [5.41, 5.74) is 6.26. The highest BCUT2D eigenvalue weighted by Gasteiger charge is 2.16. The molecule has 2 aromatic rings. The van der Waals surface area contributed by atoms with Crippen LogP contribution in [0, 0.1) is 5.82 Å². The van der Waals surface area contributed by atoms with Crippen LogP contribution in [0.25, 0.3) is 0 Å². The maximum atomic E-state index is 13.2. The monoisotopic (exact) mass is 412 g/mol. The van der Waals surface area contributed by atoms with Crippen molar-refractivity contribution >= 4 is 39.2 Å². The number of nitrogens with one attached hydrogen (secondary N) is 1. The topological polar surface area (TPSA) is 73.6 Å². The minimum atomic E-state index is -0.460. The van der Waals surface area contributed by atoms with Gasteiger partial charge in [0.05, 0.1) is 11.6 Å². The summed E-state index contributed by atoms with van der Waals surface area (Å²) in [6.07, 6.45) is 0. The molecule has 0 atom stereocenters. The molecule has 3 N–H and O–H groups in total. The van der Waals surface area contributed by atoms with E-state index in [2.05, 4.69) is 33.5 Å². The number of hydrogen-bond acceptors (Lipinski definition) is 4. The van der Waals surface area contributed by atoms with Gasteiger partial charge in [0.15, 0.2) is 16.6 Å². The van der Waals surface area contributed by atoms with Crippen LogP contribution in [0.1, 0.15) is 15.9 Å². The molecule has 0 radical (unpaired) electrons. The number of carbonyl (C=O) groups excluding carboxylic acids is 1. The summed E-state index contributed by atoms with van der Waals surface area (Å²) < 4.78 is 24.7. The van der Waals surface area contributed by atoms with Crippen LogP contribution in [0.5, 0.6) is 11.5 Å². The van der Waals surface area contributed by atoms with Crippen molar-refractivity contribution < 1.29 is 18.7 Å². The molecule has 0 unspecified atom stereocenters. The van der Waals surface area contributed by atoms with Crippen molar-refractivity contribution in [3.8, 4) is 11.5 Å². The Bertz CT molecular complexity index is 786. The number of benzene rings is 2. The smallest absolute Gasteiger partial charge is 0.257 e. The molecule has 8 heteroatoms. The lowest BCUT2D eigenvalue weighted by Crippen LogP contribution is -2.34. The predicted octanol–water partition coefficient (Wildman–Crippen LogP) is 3.15. The van der Waals surface area contributed by atoms with E-state index in [1.807, 2.05) is 0 Å². The SMILES string of the molecule is COc1cc(C(=O)NC(N)=S)cc(Br)c1OCc1cccc(F)c1. The van der Waals surface area contributed by atoms with Gasteiger partial charge >= 0.3 is 0 Å². The van der Waals surface area contributed by atoms with Gasteiger partial charge in [0.2, 0.25) is 0 Å². The van der Waals surface area contributed by atoms with Crippen molar-refractivity contribution in [2.75, 3.05) is 7.11 Å². The minimum Gasteiger partial charge on any atom is -0.493 e. The quantitative estimate of drug-likeness (QED) is 0.737. The lowest BCUT2D eigenvalue weighted by atomic mass is 10.2. The summed E-state index contributed by atoms with van der Waals surface area (Å²) in [6, 6.07) is 9.13. The highest BCUT2D eigenvalue weighted by atomic mass is 79.9. The van der Waals surface area contributed by atoms with E-state index < -0.39 is 5.91 Å². The average molecular weight is 413 g/mol. The number of hydrogen-bond donors (Lipinski definition) is 2. The van der Waals surface area contributed by atoms with Gasteiger partial charge in [-0.3, -0.25) is 10.1 Å². The molecule has 24 heavy (non-hydrogen) atoms. The second-order valence-electron chi connectivity index (χ2n) is 4.73. The second-order valence-corrected chi connectivity index (χ2v) is 6.02. The van der Waals surface area contributed by atoms with Crippen molar-refractivity contribution in [1.82, 2.24) is 5.32 Å². The molecule has 0 fully saturated rings. The predicted molar refractivity (Wildman–Crippen MR) is 95.7 cm³/mol. The van der Waals surface area contributed by atoms with Gasteiger partial charge in [0, 0.05) is 5.56 Å². The zero-order chi connectivity index (χ0) is 17.7. The van der Waals surface area contributed by atoms with Gasteiger partial charge in [-0.1, -0.05) is 12.1 Å². The molecule has 0 aliphatic rings. The molecule has 0 aliphatic heterocycles. The van der Waals surface area contributed by atoms with E-state index in [1.54, 1.807) is 18.2 Å². The van der Waals surface area contributed by atoms with E-state index in [0.29, 0.717) is 27.1 Å². The average Bonchev–Trinajstić information content (AvgIpc) is 2.52. The molecular formula is C16H14BrFN2O3S. The Kier molecular flexibility index (Phi) is 6.10. The summed E-state index contributed by atoms with van der Waals surface area (Å²) in [4.78, 5) is 12.0. The third-order valence-corrected chi connectivity index (χ3v) is 3.69. The van der Waals surface area contributed by atoms with E-state index in [9.17, 15) is 9.18 Å². The zero-order valence-electron chi connectivity index (χ0n) is 12.6. The summed E-state index contributed by atoms with van der Waals surface area (Å²) >= 11 is 7.98. The molecule has 0 aromatic heterocycles. The lowest BCUT2D eigenvalue weighted by Gasteiger charge is -2.14. The van der Waals surface area contributed by atoms with E-state index >= 15 is 0 Å². The number of methoxy groups -OCH3 is 1. The van der Waals surface area contributed by atoms with Crippen molar-refractivity contribution in [3.05, 3.63) is 57.8 Å². The van der Waals surface area contributed by atoms with Crippen LogP contribution < -0.4 is 20.5 Å². The van der Waals surface area contributed by atoms with Crippen LogP contribution in [-0.2, 0) is 6.61 Å². The first-order valence-corrected chi connectivity index (χ1v) is 7.96. The third kappa shape index (κ3) is 4.65. The molecule has 2 aromatic carbocycles. The Labute approximate surface area is 152 Å². The molecule has 0 bridgehead atoms. The number of carbonyl (C=O) groups is 1. The molecule has 126 valence electrons. The molecule has 0 aliphatic carbocycles. The van der Waals surface area contributed by atoms with Crippen LogP contribution in [-0.4, -0.2) is 18.1 Å². The van der Waals surface area contributed by atoms with Gasteiger partial charge < -0.3 is 15.2 Å². The number of amides is 1. The van der Waals surface area contributed by atoms with Crippen molar-refractivity contribution in [2.45, 2.75) is 6.61 Å². The second kappa shape index (κ2) is 8.07. The van der Waals surface area contributed by atoms with Crippen molar-refractivity contribution in [3.63, 3.8) is 0 Å². The van der Waals surface area contributed by atoms with Crippen LogP contribution in [0.15, 0.2) is 40.9 Å². The fourth-order valence-electron chi connectivity index (χ4n) is 1.96. The molecule has 1 amide bonds. The Morgan fingerprint density at radius 3 is 2.75 bits per heavy atom. The highest BCUT2D eigenvalue weighted by molar-refractivity contribution is 9.10. The molecule has 0 heterocycles. The van der Waals surface area contributed by atoms with E-state index in [4.69, 9.17) is 15.2 Å². The van der Waals surface area contributed by atoms with Crippen LogP contribution in [0.3, 0.4) is 0 Å². The zero-order valence-corrected chi connectivity index (χ0v) is 15.0. The maximum Gasteiger partial charge on any atom is 0.257 e. The molecular weight excluding hydrogens is 399 g/mol. The summed E-state index contributed by atoms with van der Waals surface area (Å²) in [7, 11) is 1.45. The Balaban J connectivity index is 2.23. The normalized spacial score (nSPS) is 10.1. The Morgan fingerprint density at radius 2 is 2.12 bits per heavy atom. The third-order valence-electron chi connectivity index (χ3n) is 3.00. The van der Waals surface area contributed by atoms with Crippen LogP contribution in [0.2, 0.25) is 0 Å². The van der Waals surface area contributed by atoms with E-state index in [0.717, 1.165) is 0 Å². The van der Waals surface area contributed by atoms with Crippen molar-refractivity contribution in [1.29, 1.82) is 0 Å². The summed E-state index contributed by atoms with van der Waals surface area (Å²) in [6.45, 7) is 0.144. The minimum absolute atomic E-state index is 0.124. The van der Waals surface area contributed by atoms with E-state index in [1.165, 1.54) is 25.3 Å². The number of halogens is 2. The molecule has 0 spiro atoms. The molecule has 0 saturated heterocycles. The summed E-state index contributed by atoms with van der Waals surface area (Å²) in [5, 5.41) is 2.21. The molecule has 5 nitrogen and oxygen atoms in total. The van der Waals surface area contributed by atoms with Gasteiger partial charge in [-0.05, 0) is 58.0 Å². The first-order chi connectivity index (χ1) is 11.4. The van der Waals surface area contributed by atoms with Crippen LogP contribution >= 0.6 is 28.1 Å². The lowest BCUT2D eigenvalue weighted by molar-refractivity contribution is 0.0977. The first kappa shape index (κ1) is 18.2. The Morgan fingerprint density at radius 1 is 1.38 bits per heavy atom. The standard InChI is InChI=1S/C16H14BrFN2O3S/c1-22-13-7-10(15(21)20-16(19)24)6-12(17)14(13)23-8-9-3-2-4-11(18)5-9/h2-7H,8H2,1H3,(H3,19,20,21,24). The molecule has 0 saturated carbocycles. The number of thiocarbonyl (C=S) groups is 1. The van der Waals surface area contributed by atoms with Gasteiger partial charge in [0.1, 0.15) is 12.4 Å². The number of rotatable bonds is 5. The van der Waals surface area contributed by atoms with Crippen molar-refractivity contribution in [2.24, 2.45) is 5.73 Å². The summed E-state index contributed by atoms with van der Waals surface area (Å²) in [5.74, 6) is -0.0624. The van der Waals surface area contributed by atoms with Gasteiger partial charge in [0.25, 0.3) is 5.91 Å². The fraction of sp³-hybridized carbons (Fsp3) is 0.125. The Hall–Kier alpha value is -2.19. The largest absolute Gasteiger partial charge is 0.493 e. The number of nitrogens with two attached hydrogens (primary N) is 1. The van der Waals surface area contributed by atoms with Gasteiger partial charge in [-0.15, -0.1) is 0 Å². The van der Waals surface area contributed by atoms with E-state index in [-0.39, 0.29) is 17.5 Å². The fourth-order valence-corrected chi connectivity index (χ4v) is 2.61.